The summed E-state index contributed by atoms with van der Waals surface area (Å²) in [6.45, 7) is 3.39. The molecule has 7 rings (SSSR count). The third kappa shape index (κ3) is 3.99. The lowest BCUT2D eigenvalue weighted by molar-refractivity contribution is -0.115. The molecule has 4 bridgehead atoms. The molecule has 4 saturated carbocycles. The fraction of sp³-hybridized carbons (Fsp3) is 0.615. The number of hydrogen-bond acceptors (Lipinski definition) is 5. The summed E-state index contributed by atoms with van der Waals surface area (Å²) in [6, 6.07) is 8.57. The number of benzene rings is 1. The summed E-state index contributed by atoms with van der Waals surface area (Å²) in [5.74, 6) is 3.51. The van der Waals surface area contributed by atoms with E-state index in [0.29, 0.717) is 6.54 Å². The van der Waals surface area contributed by atoms with E-state index in [1.54, 1.807) is 6.33 Å². The largest absolute Gasteiger partial charge is 0.391 e. The average molecular weight is 497 g/mol. The van der Waals surface area contributed by atoms with Crippen LogP contribution in [0.5, 0.6) is 0 Å². The van der Waals surface area contributed by atoms with Crippen molar-refractivity contribution in [2.75, 3.05) is 18.4 Å². The molecule has 32 heavy (non-hydrogen) atoms. The van der Waals surface area contributed by atoms with Crippen molar-refractivity contribution in [3.63, 3.8) is 0 Å². The van der Waals surface area contributed by atoms with Crippen LogP contribution in [0.25, 0.3) is 0 Å². The highest BCUT2D eigenvalue weighted by atomic mass is 79.9. The number of aliphatic hydroxyl groups excluding tert-OH is 1. The van der Waals surface area contributed by atoms with Crippen LogP contribution >= 0.6 is 15.9 Å². The van der Waals surface area contributed by atoms with Gasteiger partial charge in [0.25, 0.3) is 0 Å². The van der Waals surface area contributed by atoms with E-state index in [4.69, 9.17) is 0 Å². The van der Waals surface area contributed by atoms with E-state index >= 15 is 0 Å². The molecule has 6 heteroatoms. The van der Waals surface area contributed by atoms with Crippen LogP contribution in [0.4, 0.5) is 5.82 Å². The molecule has 5 nitrogen and oxygen atoms in total. The Kier molecular flexibility index (Phi) is 5.51. The highest BCUT2D eigenvalue weighted by molar-refractivity contribution is 9.10. The summed E-state index contributed by atoms with van der Waals surface area (Å²) in [7, 11) is 0. The number of nitrogens with one attached hydrogen (secondary N) is 1. The van der Waals surface area contributed by atoms with Gasteiger partial charge in [-0.25, -0.2) is 9.97 Å². The van der Waals surface area contributed by atoms with Crippen molar-refractivity contribution in [2.45, 2.75) is 64.1 Å². The van der Waals surface area contributed by atoms with Gasteiger partial charge < -0.3 is 10.4 Å². The van der Waals surface area contributed by atoms with Crippen molar-refractivity contribution < 1.29 is 5.11 Å². The Morgan fingerprint density at radius 2 is 1.75 bits per heavy atom. The fourth-order valence-corrected chi connectivity index (χ4v) is 7.80. The second-order valence-electron chi connectivity index (χ2n) is 10.9. The van der Waals surface area contributed by atoms with E-state index in [9.17, 15) is 5.11 Å². The second-order valence-corrected chi connectivity index (χ2v) is 11.8. The summed E-state index contributed by atoms with van der Waals surface area (Å²) >= 11 is 3.51. The van der Waals surface area contributed by atoms with E-state index < -0.39 is 0 Å². The Labute approximate surface area is 199 Å². The van der Waals surface area contributed by atoms with Crippen molar-refractivity contribution in [1.82, 2.24) is 14.9 Å². The smallest absolute Gasteiger partial charge is 0.133 e. The number of aliphatic hydroxyl groups is 1. The van der Waals surface area contributed by atoms with Crippen LogP contribution in [0.1, 0.15) is 55.3 Å². The maximum absolute atomic E-state index is 11.3. The highest BCUT2D eigenvalue weighted by Crippen LogP contribution is 2.61. The first-order chi connectivity index (χ1) is 15.6. The molecule has 1 unspecified atom stereocenters. The lowest BCUT2D eigenvalue weighted by Crippen LogP contribution is -2.53. The third-order valence-corrected chi connectivity index (χ3v) is 9.19. The monoisotopic (exact) mass is 496 g/mol. The molecule has 0 saturated heterocycles. The summed E-state index contributed by atoms with van der Waals surface area (Å²) in [4.78, 5) is 11.6. The summed E-state index contributed by atoms with van der Waals surface area (Å²) < 4.78 is 1.12. The van der Waals surface area contributed by atoms with Crippen LogP contribution in [-0.4, -0.2) is 39.2 Å². The number of halogens is 1. The zero-order chi connectivity index (χ0) is 21.7. The molecule has 0 spiro atoms. The van der Waals surface area contributed by atoms with E-state index in [2.05, 4.69) is 60.4 Å². The highest BCUT2D eigenvalue weighted by Gasteiger charge is 2.53. The van der Waals surface area contributed by atoms with E-state index in [0.717, 1.165) is 59.8 Å². The second kappa shape index (κ2) is 8.37. The summed E-state index contributed by atoms with van der Waals surface area (Å²) in [5, 5.41) is 14.8. The maximum Gasteiger partial charge on any atom is 0.133 e. The minimum Gasteiger partial charge on any atom is -0.391 e. The molecule has 0 amide bonds. The van der Waals surface area contributed by atoms with Crippen LogP contribution < -0.4 is 5.32 Å². The summed E-state index contributed by atoms with van der Waals surface area (Å²) in [6.07, 6.45) is 10.3. The van der Waals surface area contributed by atoms with Gasteiger partial charge in [-0.05, 0) is 85.8 Å². The van der Waals surface area contributed by atoms with Gasteiger partial charge in [0.1, 0.15) is 12.1 Å². The van der Waals surface area contributed by atoms with E-state index in [1.807, 2.05) is 0 Å². The molecule has 1 aromatic heterocycles. The maximum atomic E-state index is 11.3. The van der Waals surface area contributed by atoms with Crippen molar-refractivity contribution in [2.24, 2.45) is 23.2 Å². The van der Waals surface area contributed by atoms with E-state index in [-0.39, 0.29) is 11.5 Å². The molecule has 2 N–H and O–H groups in total. The number of rotatable bonds is 6. The first kappa shape index (κ1) is 21.1. The van der Waals surface area contributed by atoms with Crippen molar-refractivity contribution in [3.05, 3.63) is 51.9 Å². The Morgan fingerprint density at radius 3 is 2.44 bits per heavy atom. The molecule has 170 valence electrons. The van der Waals surface area contributed by atoms with Crippen molar-refractivity contribution >= 4 is 21.7 Å². The number of nitrogens with zero attached hydrogens (tertiary/aromatic N) is 3. The van der Waals surface area contributed by atoms with Gasteiger partial charge in [-0.15, -0.1) is 0 Å². The first-order valence-electron chi connectivity index (χ1n) is 12.3. The number of anilines is 1. The van der Waals surface area contributed by atoms with E-state index in [1.165, 1.54) is 49.7 Å². The molecule has 5 aliphatic rings. The van der Waals surface area contributed by atoms with Gasteiger partial charge in [-0.3, -0.25) is 4.90 Å². The minimum atomic E-state index is -0.279. The average Bonchev–Trinajstić information content (AvgIpc) is 2.78. The Bertz CT molecular complexity index is 943. The van der Waals surface area contributed by atoms with Crippen LogP contribution in [0, 0.1) is 23.2 Å². The van der Waals surface area contributed by atoms with Gasteiger partial charge in [0.15, 0.2) is 0 Å². The lowest BCUT2D eigenvalue weighted by atomic mass is 9.48. The van der Waals surface area contributed by atoms with Crippen LogP contribution in [0.15, 0.2) is 35.1 Å². The van der Waals surface area contributed by atoms with Gasteiger partial charge in [-0.2, -0.15) is 0 Å². The standard InChI is InChI=1S/C26H33BrN4O/c27-21-3-1-17(2-4-21)14-31-6-5-22-23(15-31)29-16-30-25(22)28-13-24(32)26-10-18-7-19(11-26)9-20(8-18)12-26/h1-4,16,18-20,24,32H,5-15H2,(H,28,29,30). The van der Waals surface area contributed by atoms with Gasteiger partial charge in [0.05, 0.1) is 11.8 Å². The van der Waals surface area contributed by atoms with Crippen LogP contribution in [-0.2, 0) is 19.5 Å². The zero-order valence-electron chi connectivity index (χ0n) is 18.6. The quantitative estimate of drug-likeness (QED) is 0.601. The molecule has 1 aromatic carbocycles. The number of fused-ring (bicyclic) bond motifs is 1. The molecular formula is C26H33BrN4O. The SMILES string of the molecule is OC(CNc1ncnc2c1CCN(Cc1ccc(Br)cc1)C2)C12CC3CC(CC(C3)C1)C2. The van der Waals surface area contributed by atoms with Gasteiger partial charge in [-0.1, -0.05) is 28.1 Å². The topological polar surface area (TPSA) is 61.3 Å². The van der Waals surface area contributed by atoms with Gasteiger partial charge >= 0.3 is 0 Å². The van der Waals surface area contributed by atoms with Crippen LogP contribution in [0.3, 0.4) is 0 Å². The van der Waals surface area contributed by atoms with Gasteiger partial charge in [0.2, 0.25) is 0 Å². The van der Waals surface area contributed by atoms with Crippen molar-refractivity contribution in [3.8, 4) is 0 Å². The lowest BCUT2D eigenvalue weighted by Gasteiger charge is -2.58. The molecule has 1 atom stereocenters. The molecule has 1 aliphatic heterocycles. The Balaban J connectivity index is 1.11. The molecular weight excluding hydrogens is 464 g/mol. The normalized spacial score (nSPS) is 32.0. The number of aromatic nitrogens is 2. The molecule has 2 heterocycles. The minimum absolute atomic E-state index is 0.149. The van der Waals surface area contributed by atoms with Crippen LogP contribution in [0.2, 0.25) is 0 Å². The first-order valence-corrected chi connectivity index (χ1v) is 13.1. The molecule has 2 aromatic rings. The fourth-order valence-electron chi connectivity index (χ4n) is 7.54. The predicted molar refractivity (Wildman–Crippen MR) is 129 cm³/mol. The third-order valence-electron chi connectivity index (χ3n) is 8.66. The summed E-state index contributed by atoms with van der Waals surface area (Å²) in [5.41, 5.74) is 3.83. The molecule has 0 radical (unpaired) electrons. The predicted octanol–water partition coefficient (Wildman–Crippen LogP) is 4.79. The number of hydrogen-bond donors (Lipinski definition) is 2. The Morgan fingerprint density at radius 1 is 1.06 bits per heavy atom. The Hall–Kier alpha value is -1.50. The zero-order valence-corrected chi connectivity index (χ0v) is 20.2. The molecule has 4 aliphatic carbocycles. The molecule has 4 fully saturated rings. The van der Waals surface area contributed by atoms with Gasteiger partial charge in [0, 0.05) is 36.2 Å². The van der Waals surface area contributed by atoms with Crippen molar-refractivity contribution in [1.29, 1.82) is 0 Å².